The van der Waals surface area contributed by atoms with Crippen molar-refractivity contribution in [2.45, 2.75) is 86.0 Å². The molecule has 2 heteroatoms. The first kappa shape index (κ1) is 19.8. The van der Waals surface area contributed by atoms with Crippen LogP contribution in [0.15, 0.2) is 0 Å². The van der Waals surface area contributed by atoms with Gasteiger partial charge < -0.3 is 5.11 Å². The van der Waals surface area contributed by atoms with Gasteiger partial charge in [0.2, 0.25) is 0 Å². The minimum Gasteiger partial charge on any atom is -0.481 e. The Labute approximate surface area is 114 Å². The summed E-state index contributed by atoms with van der Waals surface area (Å²) in [7, 11) is 0. The molecular formula is C16H34O2. The fourth-order valence-electron chi connectivity index (χ4n) is 1.64. The summed E-state index contributed by atoms with van der Waals surface area (Å²) in [5.41, 5.74) is 0. The van der Waals surface area contributed by atoms with E-state index in [0.29, 0.717) is 12.3 Å². The molecule has 110 valence electrons. The highest BCUT2D eigenvalue weighted by molar-refractivity contribution is 5.66. The van der Waals surface area contributed by atoms with Crippen LogP contribution in [0.3, 0.4) is 0 Å². The first-order valence-corrected chi connectivity index (χ1v) is 7.61. The maximum Gasteiger partial charge on any atom is 0.303 e. The Balaban J connectivity index is 0. The summed E-state index contributed by atoms with van der Waals surface area (Å²) in [4.78, 5) is 9.98. The molecule has 0 aliphatic heterocycles. The molecule has 0 spiro atoms. The van der Waals surface area contributed by atoms with E-state index in [4.69, 9.17) is 5.11 Å². The molecule has 2 nitrogen and oxygen atoms in total. The van der Waals surface area contributed by atoms with Gasteiger partial charge >= 0.3 is 5.97 Å². The van der Waals surface area contributed by atoms with Crippen molar-refractivity contribution in [1.82, 2.24) is 0 Å². The predicted molar refractivity (Wildman–Crippen MR) is 79.9 cm³/mol. The molecular weight excluding hydrogens is 224 g/mol. The summed E-state index contributed by atoms with van der Waals surface area (Å²) in [5.74, 6) is 0.849. The zero-order valence-corrected chi connectivity index (χ0v) is 13.2. The number of hydrogen-bond acceptors (Lipinski definition) is 1. The first-order chi connectivity index (χ1) is 8.40. The normalized spacial score (nSPS) is 10.4. The first-order valence-electron chi connectivity index (χ1n) is 7.61. The van der Waals surface area contributed by atoms with Gasteiger partial charge in [-0.15, -0.1) is 0 Å². The Bertz CT molecular complexity index is 174. The minimum absolute atomic E-state index is 0.318. The van der Waals surface area contributed by atoms with Crippen LogP contribution in [0.5, 0.6) is 0 Å². The second-order valence-electron chi connectivity index (χ2n) is 5.92. The summed E-state index contributed by atoms with van der Waals surface area (Å²) in [5, 5.41) is 8.23. The molecule has 0 heterocycles. The molecule has 1 N–H and O–H groups in total. The third-order valence-electron chi connectivity index (χ3n) is 2.81. The van der Waals surface area contributed by atoms with Crippen LogP contribution in [0, 0.1) is 11.8 Å². The standard InChI is InChI=1S/C9H20.C7H14O2/c1-4-5-6-7-8-9(2)3;1-6(2)4-3-5-7(8)9/h9H,4-8H2,1-3H3;6H,3-5H2,1-2H3,(H,8,9). The highest BCUT2D eigenvalue weighted by Crippen LogP contribution is 2.08. The highest BCUT2D eigenvalue weighted by atomic mass is 16.4. The van der Waals surface area contributed by atoms with Gasteiger partial charge in [0, 0.05) is 6.42 Å². The van der Waals surface area contributed by atoms with Gasteiger partial charge in [0.25, 0.3) is 0 Å². The van der Waals surface area contributed by atoms with Gasteiger partial charge in [0.15, 0.2) is 0 Å². The van der Waals surface area contributed by atoms with Crippen molar-refractivity contribution in [2.75, 3.05) is 0 Å². The molecule has 0 amide bonds. The molecule has 0 unspecified atom stereocenters. The zero-order valence-electron chi connectivity index (χ0n) is 13.2. The number of hydrogen-bond donors (Lipinski definition) is 1. The van der Waals surface area contributed by atoms with Gasteiger partial charge in [-0.2, -0.15) is 0 Å². The van der Waals surface area contributed by atoms with Crippen LogP contribution in [0.4, 0.5) is 0 Å². The summed E-state index contributed by atoms with van der Waals surface area (Å²) < 4.78 is 0. The van der Waals surface area contributed by atoms with E-state index in [1.165, 1.54) is 32.1 Å². The quantitative estimate of drug-likeness (QED) is 0.554. The molecule has 0 aromatic heterocycles. The summed E-state index contributed by atoms with van der Waals surface area (Å²) in [6, 6.07) is 0. The van der Waals surface area contributed by atoms with Crippen molar-refractivity contribution in [3.63, 3.8) is 0 Å². The van der Waals surface area contributed by atoms with Crippen LogP contribution in [0.1, 0.15) is 86.0 Å². The van der Waals surface area contributed by atoms with Gasteiger partial charge in [-0.05, 0) is 18.3 Å². The van der Waals surface area contributed by atoms with Crippen molar-refractivity contribution >= 4 is 5.97 Å². The molecule has 0 rings (SSSR count). The molecule has 18 heavy (non-hydrogen) atoms. The van der Waals surface area contributed by atoms with Crippen molar-refractivity contribution < 1.29 is 9.90 Å². The Morgan fingerprint density at radius 3 is 1.78 bits per heavy atom. The zero-order chi connectivity index (χ0) is 14.4. The van der Waals surface area contributed by atoms with Gasteiger partial charge in [-0.25, -0.2) is 0 Å². The van der Waals surface area contributed by atoms with E-state index in [9.17, 15) is 4.79 Å². The summed E-state index contributed by atoms with van der Waals surface area (Å²) in [6.07, 6.45) is 9.22. The number of rotatable bonds is 9. The van der Waals surface area contributed by atoms with Crippen LogP contribution in [0.25, 0.3) is 0 Å². The maximum atomic E-state index is 9.98. The van der Waals surface area contributed by atoms with E-state index in [0.717, 1.165) is 18.8 Å². The molecule has 0 aromatic rings. The van der Waals surface area contributed by atoms with Gasteiger partial charge in [-0.3, -0.25) is 4.79 Å². The average molecular weight is 258 g/mol. The fraction of sp³-hybridized carbons (Fsp3) is 0.938. The van der Waals surface area contributed by atoms with Gasteiger partial charge in [0.1, 0.15) is 0 Å². The van der Waals surface area contributed by atoms with Gasteiger partial charge in [0.05, 0.1) is 0 Å². The summed E-state index contributed by atoms with van der Waals surface area (Å²) in [6.45, 7) is 11.1. The number of carboxylic acid groups (broad SMARTS) is 1. The van der Waals surface area contributed by atoms with Crippen molar-refractivity contribution in [3.8, 4) is 0 Å². The third kappa shape index (κ3) is 24.6. The Morgan fingerprint density at radius 2 is 1.39 bits per heavy atom. The fourth-order valence-corrected chi connectivity index (χ4v) is 1.64. The minimum atomic E-state index is -0.685. The molecule has 0 atom stereocenters. The number of unbranched alkanes of at least 4 members (excludes halogenated alkanes) is 3. The van der Waals surface area contributed by atoms with Crippen molar-refractivity contribution in [3.05, 3.63) is 0 Å². The molecule has 0 aromatic carbocycles. The van der Waals surface area contributed by atoms with Crippen LogP contribution in [-0.4, -0.2) is 11.1 Å². The Hall–Kier alpha value is -0.530. The molecule has 0 fully saturated rings. The van der Waals surface area contributed by atoms with Gasteiger partial charge in [-0.1, -0.05) is 73.1 Å². The second kappa shape index (κ2) is 14.5. The maximum absolute atomic E-state index is 9.98. The monoisotopic (exact) mass is 258 g/mol. The number of carbonyl (C=O) groups is 1. The highest BCUT2D eigenvalue weighted by Gasteiger charge is 1.97. The Morgan fingerprint density at radius 1 is 0.889 bits per heavy atom. The molecule has 0 saturated carbocycles. The largest absolute Gasteiger partial charge is 0.481 e. The smallest absolute Gasteiger partial charge is 0.303 e. The lowest BCUT2D eigenvalue weighted by molar-refractivity contribution is -0.137. The number of aliphatic carboxylic acids is 1. The van der Waals surface area contributed by atoms with E-state index in [2.05, 4.69) is 34.6 Å². The molecule has 0 aliphatic carbocycles. The van der Waals surface area contributed by atoms with E-state index < -0.39 is 5.97 Å². The molecule has 0 radical (unpaired) electrons. The lowest BCUT2D eigenvalue weighted by Gasteiger charge is -2.01. The van der Waals surface area contributed by atoms with Crippen LogP contribution < -0.4 is 0 Å². The number of carboxylic acids is 1. The second-order valence-corrected chi connectivity index (χ2v) is 5.92. The van der Waals surface area contributed by atoms with Crippen molar-refractivity contribution in [1.29, 1.82) is 0 Å². The Kier molecular flexibility index (Phi) is 16.0. The lowest BCUT2D eigenvalue weighted by atomic mass is 10.1. The van der Waals surface area contributed by atoms with Crippen LogP contribution >= 0.6 is 0 Å². The topological polar surface area (TPSA) is 37.3 Å². The van der Waals surface area contributed by atoms with E-state index in [1.807, 2.05) is 0 Å². The van der Waals surface area contributed by atoms with E-state index >= 15 is 0 Å². The molecule has 0 aliphatic rings. The summed E-state index contributed by atoms with van der Waals surface area (Å²) >= 11 is 0. The van der Waals surface area contributed by atoms with Crippen LogP contribution in [0.2, 0.25) is 0 Å². The predicted octanol–water partition coefficient (Wildman–Crippen LogP) is 5.51. The van der Waals surface area contributed by atoms with E-state index in [-0.39, 0.29) is 0 Å². The SMILES string of the molecule is CC(C)CCCC(=O)O.CCCCCCC(C)C. The van der Waals surface area contributed by atoms with Crippen molar-refractivity contribution in [2.24, 2.45) is 11.8 Å². The lowest BCUT2D eigenvalue weighted by Crippen LogP contribution is -1.95. The molecule has 0 saturated heterocycles. The third-order valence-corrected chi connectivity index (χ3v) is 2.81. The molecule has 0 bridgehead atoms. The van der Waals surface area contributed by atoms with E-state index in [1.54, 1.807) is 0 Å². The average Bonchev–Trinajstić information content (AvgIpc) is 2.24. The van der Waals surface area contributed by atoms with Crippen LogP contribution in [-0.2, 0) is 4.79 Å².